The highest BCUT2D eigenvalue weighted by atomic mass is 32.2. The molecule has 1 saturated heterocycles. The Labute approximate surface area is 180 Å². The van der Waals surface area contributed by atoms with Crippen molar-refractivity contribution in [3.05, 3.63) is 71.8 Å². The Morgan fingerprint density at radius 2 is 1.63 bits per heavy atom. The summed E-state index contributed by atoms with van der Waals surface area (Å²) in [6, 6.07) is 19.9. The molecule has 5 nitrogen and oxygen atoms in total. The maximum Gasteiger partial charge on any atom is 0.223 e. The predicted octanol–water partition coefficient (Wildman–Crippen LogP) is 3.93. The summed E-state index contributed by atoms with van der Waals surface area (Å²) in [5.41, 5.74) is 2.26. The summed E-state index contributed by atoms with van der Waals surface area (Å²) in [5, 5.41) is 3.15. The van der Waals surface area contributed by atoms with Gasteiger partial charge in [0.15, 0.2) is 0 Å². The van der Waals surface area contributed by atoms with Crippen LogP contribution in [0.5, 0.6) is 0 Å². The largest absolute Gasteiger partial charge is 0.349 e. The number of sulfonamides is 1. The summed E-state index contributed by atoms with van der Waals surface area (Å²) >= 11 is 0. The van der Waals surface area contributed by atoms with Crippen molar-refractivity contribution in [3.63, 3.8) is 0 Å². The number of aryl methyl sites for hydroxylation is 1. The molecule has 2 aromatic carbocycles. The molecule has 0 aromatic heterocycles. The first-order valence-corrected chi connectivity index (χ1v) is 12.5. The van der Waals surface area contributed by atoms with E-state index in [2.05, 4.69) is 12.2 Å². The second-order valence-corrected chi connectivity index (χ2v) is 10.0. The Kier molecular flexibility index (Phi) is 8.05. The van der Waals surface area contributed by atoms with Crippen LogP contribution < -0.4 is 5.32 Å². The van der Waals surface area contributed by atoms with Gasteiger partial charge in [0.05, 0.1) is 11.8 Å². The molecule has 162 valence electrons. The summed E-state index contributed by atoms with van der Waals surface area (Å²) < 4.78 is 26.9. The molecule has 1 aliphatic heterocycles. The third-order valence-corrected chi connectivity index (χ3v) is 7.81. The van der Waals surface area contributed by atoms with Crippen molar-refractivity contribution in [2.75, 3.05) is 18.8 Å². The van der Waals surface area contributed by atoms with Crippen molar-refractivity contribution in [2.45, 2.75) is 45.1 Å². The fourth-order valence-corrected chi connectivity index (χ4v) is 5.56. The van der Waals surface area contributed by atoms with Crippen LogP contribution in [0.15, 0.2) is 60.7 Å². The van der Waals surface area contributed by atoms with E-state index in [0.29, 0.717) is 32.4 Å². The van der Waals surface area contributed by atoms with Gasteiger partial charge in [-0.15, -0.1) is 0 Å². The number of carbonyl (C=O) groups is 1. The number of nitrogens with one attached hydrogen (secondary N) is 1. The Hall–Kier alpha value is -2.18. The molecule has 1 heterocycles. The van der Waals surface area contributed by atoms with E-state index in [1.165, 1.54) is 0 Å². The molecule has 0 unspecified atom stereocenters. The second-order valence-electron chi connectivity index (χ2n) is 7.96. The minimum atomic E-state index is -3.27. The fraction of sp³-hybridized carbons (Fsp3) is 0.458. The molecule has 0 spiro atoms. The van der Waals surface area contributed by atoms with Crippen LogP contribution in [0.1, 0.15) is 49.8 Å². The molecule has 0 aliphatic carbocycles. The van der Waals surface area contributed by atoms with Gasteiger partial charge in [0, 0.05) is 19.0 Å². The number of piperidine rings is 1. The van der Waals surface area contributed by atoms with Crippen LogP contribution >= 0.6 is 0 Å². The molecule has 0 bridgehead atoms. The highest BCUT2D eigenvalue weighted by Crippen LogP contribution is 2.23. The maximum absolute atomic E-state index is 12.7. The summed E-state index contributed by atoms with van der Waals surface area (Å²) in [7, 11) is -3.27. The van der Waals surface area contributed by atoms with Gasteiger partial charge in [-0.2, -0.15) is 0 Å². The Morgan fingerprint density at radius 3 is 2.23 bits per heavy atom. The molecule has 0 saturated carbocycles. The van der Waals surface area contributed by atoms with Crippen molar-refractivity contribution in [2.24, 2.45) is 5.92 Å². The molecule has 1 aliphatic rings. The Bertz CT molecular complexity index is 893. The van der Waals surface area contributed by atoms with E-state index in [1.54, 1.807) is 4.31 Å². The smallest absolute Gasteiger partial charge is 0.223 e. The number of hydrogen-bond acceptors (Lipinski definition) is 3. The first-order chi connectivity index (χ1) is 14.5. The summed E-state index contributed by atoms with van der Waals surface area (Å²) in [6.07, 6.45) is 3.35. The predicted molar refractivity (Wildman–Crippen MR) is 120 cm³/mol. The van der Waals surface area contributed by atoms with E-state index in [0.717, 1.165) is 24.0 Å². The van der Waals surface area contributed by atoms with Crippen LogP contribution in [0.4, 0.5) is 0 Å². The summed E-state index contributed by atoms with van der Waals surface area (Å²) in [5.74, 6) is 0.0652. The Morgan fingerprint density at radius 1 is 1.03 bits per heavy atom. The lowest BCUT2D eigenvalue weighted by Gasteiger charge is -2.31. The molecular formula is C24H32N2O3S. The van der Waals surface area contributed by atoms with Gasteiger partial charge in [0.2, 0.25) is 15.9 Å². The zero-order chi connectivity index (χ0) is 21.4. The first-order valence-electron chi connectivity index (χ1n) is 10.9. The number of benzene rings is 2. The zero-order valence-corrected chi connectivity index (χ0v) is 18.5. The van der Waals surface area contributed by atoms with Crippen LogP contribution in [0, 0.1) is 5.92 Å². The van der Waals surface area contributed by atoms with Gasteiger partial charge in [0.1, 0.15) is 0 Å². The second kappa shape index (κ2) is 10.7. The van der Waals surface area contributed by atoms with Crippen molar-refractivity contribution >= 4 is 15.9 Å². The monoisotopic (exact) mass is 428 g/mol. The van der Waals surface area contributed by atoms with Gasteiger partial charge >= 0.3 is 0 Å². The normalized spacial score (nSPS) is 16.8. The van der Waals surface area contributed by atoms with Crippen LogP contribution in [0.3, 0.4) is 0 Å². The third-order valence-electron chi connectivity index (χ3n) is 5.86. The zero-order valence-electron chi connectivity index (χ0n) is 17.7. The molecule has 1 fully saturated rings. The number of nitrogens with zero attached hydrogens (tertiary/aromatic N) is 1. The quantitative estimate of drug-likeness (QED) is 0.658. The molecule has 6 heteroatoms. The van der Waals surface area contributed by atoms with Crippen molar-refractivity contribution in [1.29, 1.82) is 0 Å². The van der Waals surface area contributed by atoms with E-state index in [-0.39, 0.29) is 23.6 Å². The van der Waals surface area contributed by atoms with Crippen LogP contribution in [-0.2, 0) is 21.2 Å². The highest BCUT2D eigenvalue weighted by molar-refractivity contribution is 7.89. The average Bonchev–Trinajstić information content (AvgIpc) is 2.78. The van der Waals surface area contributed by atoms with Gasteiger partial charge in [-0.25, -0.2) is 12.7 Å². The average molecular weight is 429 g/mol. The molecule has 2 aromatic rings. The van der Waals surface area contributed by atoms with Gasteiger partial charge in [0.25, 0.3) is 0 Å². The number of amides is 1. The van der Waals surface area contributed by atoms with E-state index < -0.39 is 10.0 Å². The molecule has 0 radical (unpaired) electrons. The first kappa shape index (κ1) is 22.5. The van der Waals surface area contributed by atoms with Crippen molar-refractivity contribution in [1.82, 2.24) is 9.62 Å². The molecule has 1 amide bonds. The van der Waals surface area contributed by atoms with E-state index in [4.69, 9.17) is 0 Å². The lowest BCUT2D eigenvalue weighted by Crippen LogP contribution is -2.44. The topological polar surface area (TPSA) is 66.5 Å². The van der Waals surface area contributed by atoms with Gasteiger partial charge in [-0.05, 0) is 43.2 Å². The number of hydrogen-bond donors (Lipinski definition) is 1. The molecule has 30 heavy (non-hydrogen) atoms. The van der Waals surface area contributed by atoms with Crippen LogP contribution in [0.25, 0.3) is 0 Å². The number of carbonyl (C=O) groups excluding carboxylic acids is 1. The maximum atomic E-state index is 12.7. The summed E-state index contributed by atoms with van der Waals surface area (Å²) in [6.45, 7) is 2.91. The van der Waals surface area contributed by atoms with Gasteiger partial charge in [-0.1, -0.05) is 67.6 Å². The van der Waals surface area contributed by atoms with Crippen molar-refractivity contribution in [3.8, 4) is 0 Å². The third kappa shape index (κ3) is 6.16. The molecular weight excluding hydrogens is 396 g/mol. The molecule has 1 N–H and O–H groups in total. The van der Waals surface area contributed by atoms with E-state index in [1.807, 2.05) is 60.7 Å². The molecule has 1 atom stereocenters. The minimum Gasteiger partial charge on any atom is -0.349 e. The highest BCUT2D eigenvalue weighted by Gasteiger charge is 2.31. The fourth-order valence-electron chi connectivity index (χ4n) is 4.02. The van der Waals surface area contributed by atoms with Crippen LogP contribution in [0.2, 0.25) is 0 Å². The Balaban J connectivity index is 1.46. The van der Waals surface area contributed by atoms with E-state index in [9.17, 15) is 13.2 Å². The lowest BCUT2D eigenvalue weighted by molar-refractivity contribution is -0.126. The van der Waals surface area contributed by atoms with E-state index >= 15 is 0 Å². The lowest BCUT2D eigenvalue weighted by atomic mass is 9.96. The number of rotatable bonds is 9. The van der Waals surface area contributed by atoms with Crippen molar-refractivity contribution < 1.29 is 13.2 Å². The standard InChI is InChI=1S/C24H32N2O3S/c1-2-23(21-13-7-4-8-14-21)25-24(27)22-15-17-26(18-16-22)30(28,29)19-9-12-20-10-5-3-6-11-20/h3-8,10-11,13-14,22-23H,2,9,12,15-19H2,1H3,(H,25,27)/t23-/m0/s1. The minimum absolute atomic E-state index is 0.00144. The SMILES string of the molecule is CC[C@H](NC(=O)C1CCN(S(=O)(=O)CCCc2ccccc2)CC1)c1ccccc1. The van der Waals surface area contributed by atoms with Crippen LogP contribution in [-0.4, -0.2) is 37.5 Å². The van der Waals surface area contributed by atoms with Gasteiger partial charge < -0.3 is 5.32 Å². The molecule has 3 rings (SSSR count). The van der Waals surface area contributed by atoms with Gasteiger partial charge in [-0.3, -0.25) is 4.79 Å². The summed E-state index contributed by atoms with van der Waals surface area (Å²) in [4.78, 5) is 12.7.